The van der Waals surface area contributed by atoms with Crippen molar-refractivity contribution in [2.24, 2.45) is 5.92 Å². The Labute approximate surface area is 151 Å². The van der Waals surface area contributed by atoms with E-state index in [-0.39, 0.29) is 11.8 Å². The maximum atomic E-state index is 12.5. The highest BCUT2D eigenvalue weighted by atomic mass is 32.2. The molecule has 1 saturated heterocycles. The van der Waals surface area contributed by atoms with Gasteiger partial charge in [-0.15, -0.1) is 11.3 Å². The van der Waals surface area contributed by atoms with Crippen LogP contribution in [-0.4, -0.2) is 47.8 Å². The molecule has 1 N–H and O–H groups in total. The summed E-state index contributed by atoms with van der Waals surface area (Å²) in [7, 11) is -3.40. The van der Waals surface area contributed by atoms with Gasteiger partial charge in [-0.1, -0.05) is 6.07 Å². The fourth-order valence-corrected chi connectivity index (χ4v) is 5.55. The average Bonchev–Trinajstić information content (AvgIpc) is 3.32. The average molecular weight is 383 g/mol. The number of hydrogen-bond acceptors (Lipinski definition) is 5. The summed E-state index contributed by atoms with van der Waals surface area (Å²) in [5, 5.41) is 4.72. The molecule has 0 radical (unpaired) electrons. The molecular formula is C16H22N4O3S2. The summed E-state index contributed by atoms with van der Waals surface area (Å²) in [4.78, 5) is 16.2. The van der Waals surface area contributed by atoms with Crippen LogP contribution in [0.15, 0.2) is 40.4 Å². The lowest BCUT2D eigenvalue weighted by Gasteiger charge is -2.30. The Bertz CT molecular complexity index is 764. The molecule has 0 aromatic carbocycles. The van der Waals surface area contributed by atoms with Crippen LogP contribution >= 0.6 is 11.3 Å². The number of piperidine rings is 1. The second kappa shape index (κ2) is 8.11. The maximum Gasteiger partial charge on any atom is 0.252 e. The van der Waals surface area contributed by atoms with E-state index in [9.17, 15) is 13.2 Å². The Morgan fingerprint density at radius 3 is 2.80 bits per heavy atom. The topological polar surface area (TPSA) is 84.3 Å². The molecule has 3 rings (SSSR count). The van der Waals surface area contributed by atoms with Gasteiger partial charge >= 0.3 is 0 Å². The third-order valence-corrected chi connectivity index (χ3v) is 7.64. The largest absolute Gasteiger partial charge is 0.356 e. The number of carbonyl (C=O) groups is 1. The Kier molecular flexibility index (Phi) is 5.87. The summed E-state index contributed by atoms with van der Waals surface area (Å²) in [6.07, 6.45) is 7.36. The smallest absolute Gasteiger partial charge is 0.252 e. The fraction of sp³-hybridized carbons (Fsp3) is 0.500. The molecule has 3 heterocycles. The lowest BCUT2D eigenvalue weighted by Crippen LogP contribution is -2.43. The minimum Gasteiger partial charge on any atom is -0.356 e. The van der Waals surface area contributed by atoms with Crippen LogP contribution in [0.2, 0.25) is 0 Å². The normalized spacial score (nSPS) is 16.8. The zero-order valence-corrected chi connectivity index (χ0v) is 15.5. The fourth-order valence-electron chi connectivity index (χ4n) is 2.93. The third-order valence-electron chi connectivity index (χ3n) is 4.37. The van der Waals surface area contributed by atoms with Crippen LogP contribution < -0.4 is 5.32 Å². The van der Waals surface area contributed by atoms with E-state index < -0.39 is 10.0 Å². The number of carbonyl (C=O) groups excluding carboxylic acids is 1. The van der Waals surface area contributed by atoms with E-state index in [2.05, 4.69) is 10.3 Å². The van der Waals surface area contributed by atoms with Gasteiger partial charge in [-0.05, 0) is 30.7 Å². The standard InChI is InChI=1S/C16H22N4O3S2/c21-16(18-6-2-8-19-11-7-17-13-19)14-4-9-20(10-5-14)25(22,23)15-3-1-12-24-15/h1,3,7,11-14H,2,4-6,8-10H2,(H,18,21). The Morgan fingerprint density at radius 2 is 2.16 bits per heavy atom. The number of amides is 1. The summed E-state index contributed by atoms with van der Waals surface area (Å²) in [6.45, 7) is 2.23. The van der Waals surface area contributed by atoms with E-state index in [1.165, 1.54) is 15.6 Å². The van der Waals surface area contributed by atoms with Gasteiger partial charge in [0.2, 0.25) is 5.91 Å². The van der Waals surface area contributed by atoms with Gasteiger partial charge in [-0.25, -0.2) is 13.4 Å². The molecule has 2 aromatic rings. The number of hydrogen-bond donors (Lipinski definition) is 1. The van der Waals surface area contributed by atoms with Gasteiger partial charge < -0.3 is 9.88 Å². The zero-order valence-electron chi connectivity index (χ0n) is 13.9. The molecule has 0 unspecified atom stereocenters. The van der Waals surface area contributed by atoms with Crippen molar-refractivity contribution in [1.29, 1.82) is 0 Å². The van der Waals surface area contributed by atoms with Gasteiger partial charge in [0.05, 0.1) is 6.33 Å². The summed E-state index contributed by atoms with van der Waals surface area (Å²) >= 11 is 1.23. The van der Waals surface area contributed by atoms with Crippen LogP contribution in [0.5, 0.6) is 0 Å². The highest BCUT2D eigenvalue weighted by molar-refractivity contribution is 7.91. The number of rotatable bonds is 7. The molecule has 0 bridgehead atoms. The monoisotopic (exact) mass is 382 g/mol. The molecule has 0 spiro atoms. The van der Waals surface area contributed by atoms with E-state index in [0.29, 0.717) is 36.7 Å². The molecule has 136 valence electrons. The van der Waals surface area contributed by atoms with Gasteiger partial charge in [0.25, 0.3) is 10.0 Å². The van der Waals surface area contributed by atoms with Gasteiger partial charge in [0, 0.05) is 44.5 Å². The molecule has 0 atom stereocenters. The number of aryl methyl sites for hydroxylation is 1. The molecule has 2 aromatic heterocycles. The summed E-state index contributed by atoms with van der Waals surface area (Å²) in [5.74, 6) is -0.0816. The molecule has 1 amide bonds. The van der Waals surface area contributed by atoms with E-state index in [1.807, 2.05) is 10.8 Å². The predicted octanol–water partition coefficient (Wildman–Crippen LogP) is 1.55. The molecule has 25 heavy (non-hydrogen) atoms. The van der Waals surface area contributed by atoms with Crippen LogP contribution in [0.4, 0.5) is 0 Å². The van der Waals surface area contributed by atoms with Crippen molar-refractivity contribution >= 4 is 27.3 Å². The molecule has 1 fully saturated rings. The molecule has 7 nitrogen and oxygen atoms in total. The third kappa shape index (κ3) is 4.47. The lowest BCUT2D eigenvalue weighted by molar-refractivity contribution is -0.126. The van der Waals surface area contributed by atoms with E-state index in [0.717, 1.165) is 13.0 Å². The van der Waals surface area contributed by atoms with Gasteiger partial charge in [-0.2, -0.15) is 4.31 Å². The Balaban J connectivity index is 1.41. The van der Waals surface area contributed by atoms with Crippen LogP contribution in [0.3, 0.4) is 0 Å². The number of imidazole rings is 1. The molecular weight excluding hydrogens is 360 g/mol. The van der Waals surface area contributed by atoms with Crippen LogP contribution in [0.1, 0.15) is 19.3 Å². The molecule has 0 aliphatic carbocycles. The first-order valence-electron chi connectivity index (χ1n) is 8.34. The van der Waals surface area contributed by atoms with Gasteiger partial charge in [-0.3, -0.25) is 4.79 Å². The van der Waals surface area contributed by atoms with Crippen LogP contribution in [0, 0.1) is 5.92 Å². The van der Waals surface area contributed by atoms with Crippen molar-refractivity contribution in [3.63, 3.8) is 0 Å². The van der Waals surface area contributed by atoms with Crippen molar-refractivity contribution < 1.29 is 13.2 Å². The van der Waals surface area contributed by atoms with Crippen molar-refractivity contribution in [3.05, 3.63) is 36.2 Å². The van der Waals surface area contributed by atoms with E-state index >= 15 is 0 Å². The molecule has 9 heteroatoms. The van der Waals surface area contributed by atoms with E-state index in [1.54, 1.807) is 30.0 Å². The number of nitrogens with one attached hydrogen (secondary N) is 1. The molecule has 1 aliphatic rings. The quantitative estimate of drug-likeness (QED) is 0.737. The first-order chi connectivity index (χ1) is 12.1. The number of aromatic nitrogens is 2. The van der Waals surface area contributed by atoms with Crippen molar-refractivity contribution in [2.45, 2.75) is 30.0 Å². The molecule has 1 aliphatic heterocycles. The van der Waals surface area contributed by atoms with Crippen molar-refractivity contribution in [1.82, 2.24) is 19.2 Å². The minimum atomic E-state index is -3.40. The predicted molar refractivity (Wildman–Crippen MR) is 95.7 cm³/mol. The summed E-state index contributed by atoms with van der Waals surface area (Å²) in [5.41, 5.74) is 0. The number of nitrogens with zero attached hydrogens (tertiary/aromatic N) is 3. The van der Waals surface area contributed by atoms with Gasteiger partial charge in [0.15, 0.2) is 0 Å². The maximum absolute atomic E-state index is 12.5. The van der Waals surface area contributed by atoms with Gasteiger partial charge in [0.1, 0.15) is 4.21 Å². The Morgan fingerprint density at radius 1 is 1.36 bits per heavy atom. The lowest BCUT2D eigenvalue weighted by atomic mass is 9.97. The van der Waals surface area contributed by atoms with Crippen molar-refractivity contribution in [3.8, 4) is 0 Å². The number of sulfonamides is 1. The second-order valence-electron chi connectivity index (χ2n) is 6.06. The number of thiophene rings is 1. The highest BCUT2D eigenvalue weighted by Gasteiger charge is 2.32. The Hall–Kier alpha value is -1.71. The second-order valence-corrected chi connectivity index (χ2v) is 9.17. The zero-order chi connectivity index (χ0) is 17.7. The van der Waals surface area contributed by atoms with Crippen LogP contribution in [-0.2, 0) is 21.4 Å². The first kappa shape index (κ1) is 18.1. The summed E-state index contributed by atoms with van der Waals surface area (Å²) < 4.78 is 28.8. The minimum absolute atomic E-state index is 0.0267. The SMILES string of the molecule is O=C(NCCCn1ccnc1)C1CCN(S(=O)(=O)c2cccs2)CC1. The van der Waals surface area contributed by atoms with Crippen molar-refractivity contribution in [2.75, 3.05) is 19.6 Å². The molecule has 0 saturated carbocycles. The summed E-state index contributed by atoms with van der Waals surface area (Å²) in [6, 6.07) is 3.36. The van der Waals surface area contributed by atoms with E-state index in [4.69, 9.17) is 0 Å². The van der Waals surface area contributed by atoms with Crippen LogP contribution in [0.25, 0.3) is 0 Å². The first-order valence-corrected chi connectivity index (χ1v) is 10.7. The highest BCUT2D eigenvalue weighted by Crippen LogP contribution is 2.26.